The van der Waals surface area contributed by atoms with Gasteiger partial charge in [-0.15, -0.1) is 0 Å². The first-order chi connectivity index (χ1) is 3.18. The van der Waals surface area contributed by atoms with E-state index in [1.54, 1.807) is 0 Å². The maximum atomic E-state index is 6.65. The molecule has 38 valence electrons. The van der Waals surface area contributed by atoms with E-state index in [2.05, 4.69) is 13.2 Å². The molecule has 0 amide bonds. The molecule has 0 heterocycles. The smallest absolute Gasteiger partial charge is 0.0246 e. The predicted molar refractivity (Wildman–Crippen MR) is 32.7 cm³/mol. The van der Waals surface area contributed by atoms with Crippen LogP contribution in [-0.2, 0) is 0 Å². The molecule has 0 aliphatic rings. The van der Waals surface area contributed by atoms with Crippen LogP contribution in [0.5, 0.6) is 0 Å². The highest BCUT2D eigenvalue weighted by Crippen LogP contribution is 1.96. The fourth-order valence-corrected chi connectivity index (χ4v) is 0.123. The molecule has 0 saturated heterocycles. The summed E-state index contributed by atoms with van der Waals surface area (Å²) >= 11 is 0. The Morgan fingerprint density at radius 3 is 2.00 bits per heavy atom. The zero-order valence-electron chi connectivity index (χ0n) is 4.49. The molecule has 0 aromatic rings. The van der Waals surface area contributed by atoms with Crippen molar-refractivity contribution in [1.29, 1.82) is 5.41 Å². The Morgan fingerprint density at radius 2 is 2.00 bits per heavy atom. The average molecular weight is 95.1 g/mol. The molecule has 0 unspecified atom stereocenters. The van der Waals surface area contributed by atoms with E-state index in [9.17, 15) is 0 Å². The Labute approximate surface area is 43.9 Å². The van der Waals surface area contributed by atoms with E-state index >= 15 is 0 Å². The number of hydrogen-bond acceptors (Lipinski definition) is 1. The van der Waals surface area contributed by atoms with Crippen molar-refractivity contribution in [2.24, 2.45) is 0 Å². The van der Waals surface area contributed by atoms with Crippen molar-refractivity contribution in [2.45, 2.75) is 6.92 Å². The maximum absolute atomic E-state index is 6.65. The largest absolute Gasteiger partial charge is 0.308 e. The van der Waals surface area contributed by atoms with Crippen molar-refractivity contribution < 1.29 is 0 Å². The summed E-state index contributed by atoms with van der Waals surface area (Å²) in [4.78, 5) is 0. The van der Waals surface area contributed by atoms with Crippen molar-refractivity contribution in [1.82, 2.24) is 0 Å². The normalized spacial score (nSPS) is 7.57. The minimum atomic E-state index is 0.694. The Balaban J connectivity index is 3.81. The summed E-state index contributed by atoms with van der Waals surface area (Å²) in [7, 11) is 0. The van der Waals surface area contributed by atoms with Gasteiger partial charge in [0.15, 0.2) is 0 Å². The standard InChI is InChI=1S/C6H9N/c1-5(2)6(3)4-7/h4,7H,1,3H2,2H3. The first-order valence-electron chi connectivity index (χ1n) is 2.03. The Kier molecular flexibility index (Phi) is 2.06. The van der Waals surface area contributed by atoms with Gasteiger partial charge >= 0.3 is 0 Å². The van der Waals surface area contributed by atoms with Crippen LogP contribution >= 0.6 is 0 Å². The van der Waals surface area contributed by atoms with Crippen LogP contribution in [0.4, 0.5) is 0 Å². The number of rotatable bonds is 2. The van der Waals surface area contributed by atoms with Gasteiger partial charge in [-0.1, -0.05) is 18.7 Å². The molecule has 1 N–H and O–H groups in total. The van der Waals surface area contributed by atoms with E-state index in [0.717, 1.165) is 5.57 Å². The van der Waals surface area contributed by atoms with Gasteiger partial charge in [-0.2, -0.15) is 0 Å². The van der Waals surface area contributed by atoms with Crippen LogP contribution in [0.2, 0.25) is 0 Å². The van der Waals surface area contributed by atoms with Crippen molar-refractivity contribution in [2.75, 3.05) is 0 Å². The predicted octanol–water partition coefficient (Wildman–Crippen LogP) is 1.77. The van der Waals surface area contributed by atoms with Crippen molar-refractivity contribution in [3.63, 3.8) is 0 Å². The van der Waals surface area contributed by atoms with E-state index in [1.807, 2.05) is 6.92 Å². The van der Waals surface area contributed by atoms with Gasteiger partial charge in [0.2, 0.25) is 0 Å². The third-order valence-corrected chi connectivity index (χ3v) is 0.722. The summed E-state index contributed by atoms with van der Waals surface area (Å²) in [5, 5.41) is 6.65. The maximum Gasteiger partial charge on any atom is 0.0246 e. The van der Waals surface area contributed by atoms with Crippen LogP contribution in [0, 0.1) is 5.41 Å². The van der Waals surface area contributed by atoms with Gasteiger partial charge in [-0.3, -0.25) is 0 Å². The summed E-state index contributed by atoms with van der Waals surface area (Å²) in [5.74, 6) is 0. The lowest BCUT2D eigenvalue weighted by Crippen LogP contribution is -1.78. The van der Waals surface area contributed by atoms with E-state index in [0.29, 0.717) is 5.57 Å². The van der Waals surface area contributed by atoms with Gasteiger partial charge in [0.05, 0.1) is 0 Å². The van der Waals surface area contributed by atoms with E-state index in [-0.39, 0.29) is 0 Å². The minimum Gasteiger partial charge on any atom is -0.308 e. The van der Waals surface area contributed by atoms with Gasteiger partial charge in [0, 0.05) is 6.21 Å². The first-order valence-corrected chi connectivity index (χ1v) is 2.03. The molecule has 0 radical (unpaired) electrons. The highest BCUT2D eigenvalue weighted by molar-refractivity contribution is 5.80. The summed E-state index contributed by atoms with van der Waals surface area (Å²) in [5.41, 5.74) is 1.55. The number of allylic oxidation sites excluding steroid dienone is 2. The topological polar surface area (TPSA) is 23.9 Å². The molecule has 0 aliphatic heterocycles. The van der Waals surface area contributed by atoms with Crippen LogP contribution in [0.15, 0.2) is 24.3 Å². The van der Waals surface area contributed by atoms with Gasteiger partial charge in [-0.25, -0.2) is 0 Å². The summed E-state index contributed by atoms with van der Waals surface area (Å²) in [6.45, 7) is 8.93. The molecule has 0 spiro atoms. The summed E-state index contributed by atoms with van der Waals surface area (Å²) in [6, 6.07) is 0. The second-order valence-electron chi connectivity index (χ2n) is 1.45. The number of nitrogens with one attached hydrogen (secondary N) is 1. The highest BCUT2D eigenvalue weighted by atomic mass is 14.3. The molecule has 0 rings (SSSR count). The minimum absolute atomic E-state index is 0.694. The van der Waals surface area contributed by atoms with Crippen LogP contribution in [-0.4, -0.2) is 6.21 Å². The van der Waals surface area contributed by atoms with Gasteiger partial charge < -0.3 is 5.41 Å². The van der Waals surface area contributed by atoms with E-state index < -0.39 is 0 Å². The third-order valence-electron chi connectivity index (χ3n) is 0.722. The molecule has 0 saturated carbocycles. The van der Waals surface area contributed by atoms with E-state index in [1.165, 1.54) is 6.21 Å². The molecule has 0 aromatic carbocycles. The zero-order chi connectivity index (χ0) is 5.86. The van der Waals surface area contributed by atoms with Gasteiger partial charge in [0.1, 0.15) is 0 Å². The van der Waals surface area contributed by atoms with E-state index in [4.69, 9.17) is 5.41 Å². The fraction of sp³-hybridized carbons (Fsp3) is 0.167. The highest BCUT2D eigenvalue weighted by Gasteiger charge is 1.82. The Hall–Kier alpha value is -0.850. The Morgan fingerprint density at radius 1 is 1.57 bits per heavy atom. The molecular formula is C6H9N. The number of hydrogen-bond donors (Lipinski definition) is 1. The molecule has 1 heteroatoms. The first kappa shape index (κ1) is 6.15. The quantitative estimate of drug-likeness (QED) is 0.399. The second kappa shape index (κ2) is 2.35. The van der Waals surface area contributed by atoms with Crippen molar-refractivity contribution >= 4 is 6.21 Å². The zero-order valence-corrected chi connectivity index (χ0v) is 4.49. The monoisotopic (exact) mass is 95.1 g/mol. The SMILES string of the molecule is C=C(C)C(=C)C=N. The Bertz CT molecular complexity index is 111. The molecule has 0 bridgehead atoms. The van der Waals surface area contributed by atoms with Crippen LogP contribution in [0.25, 0.3) is 0 Å². The lowest BCUT2D eigenvalue weighted by Gasteiger charge is -1.89. The van der Waals surface area contributed by atoms with Crippen molar-refractivity contribution in [3.8, 4) is 0 Å². The molecule has 0 atom stereocenters. The summed E-state index contributed by atoms with van der Waals surface area (Å²) < 4.78 is 0. The van der Waals surface area contributed by atoms with Gasteiger partial charge in [0.25, 0.3) is 0 Å². The molecule has 0 fully saturated rings. The van der Waals surface area contributed by atoms with Crippen LogP contribution < -0.4 is 0 Å². The van der Waals surface area contributed by atoms with Gasteiger partial charge in [-0.05, 0) is 12.5 Å². The van der Waals surface area contributed by atoms with Crippen molar-refractivity contribution in [3.05, 3.63) is 24.3 Å². The molecule has 7 heavy (non-hydrogen) atoms. The lowest BCUT2D eigenvalue weighted by molar-refractivity contribution is 1.48. The molecular weight excluding hydrogens is 86.1 g/mol. The second-order valence-corrected chi connectivity index (χ2v) is 1.45. The lowest BCUT2D eigenvalue weighted by atomic mass is 10.2. The molecule has 0 aromatic heterocycles. The third kappa shape index (κ3) is 1.93. The average Bonchev–Trinajstić information content (AvgIpc) is 1.65. The molecule has 1 nitrogen and oxygen atoms in total. The van der Waals surface area contributed by atoms with Crippen LogP contribution in [0.1, 0.15) is 6.92 Å². The fourth-order valence-electron chi connectivity index (χ4n) is 0.123. The molecule has 0 aliphatic carbocycles. The van der Waals surface area contributed by atoms with Crippen LogP contribution in [0.3, 0.4) is 0 Å². The summed E-state index contributed by atoms with van der Waals surface area (Å²) in [6.07, 6.45) is 1.20.